The van der Waals surface area contributed by atoms with Gasteiger partial charge in [0, 0.05) is 31.1 Å². The molecule has 0 aliphatic carbocycles. The zero-order valence-corrected chi connectivity index (χ0v) is 16.7. The summed E-state index contributed by atoms with van der Waals surface area (Å²) in [6, 6.07) is 11.9. The Morgan fingerprint density at radius 3 is 2.27 bits per heavy atom. The van der Waals surface area contributed by atoms with E-state index in [9.17, 15) is 18.4 Å². The number of benzene rings is 2. The summed E-state index contributed by atoms with van der Waals surface area (Å²) >= 11 is 0. The lowest BCUT2D eigenvalue weighted by atomic mass is 9.68. The van der Waals surface area contributed by atoms with Crippen LogP contribution in [0.3, 0.4) is 0 Å². The third kappa shape index (κ3) is 4.07. The Labute approximate surface area is 174 Å². The summed E-state index contributed by atoms with van der Waals surface area (Å²) in [7, 11) is 0. The minimum absolute atomic E-state index is 0.0472. The summed E-state index contributed by atoms with van der Waals surface area (Å²) in [6.07, 6.45) is 1.46. The Morgan fingerprint density at radius 1 is 1.03 bits per heavy atom. The molecular weight excluding hydrogens is 388 g/mol. The highest BCUT2D eigenvalue weighted by molar-refractivity contribution is 5.94. The van der Waals surface area contributed by atoms with Crippen LogP contribution in [0.5, 0.6) is 0 Å². The van der Waals surface area contributed by atoms with Gasteiger partial charge in [-0.15, -0.1) is 0 Å². The van der Waals surface area contributed by atoms with Gasteiger partial charge in [0.15, 0.2) is 0 Å². The van der Waals surface area contributed by atoms with Crippen molar-refractivity contribution in [1.29, 1.82) is 0 Å². The molecule has 0 unspecified atom stereocenters. The SMILES string of the molecule is O=C(NCCN1CCC2(CC1)C(=O)NC[C@H]2c1ccc(F)cc1)c1ccc(F)cc1. The molecule has 2 saturated heterocycles. The van der Waals surface area contributed by atoms with E-state index >= 15 is 0 Å². The van der Waals surface area contributed by atoms with Gasteiger partial charge in [0.2, 0.25) is 5.91 Å². The molecule has 1 atom stereocenters. The zero-order valence-electron chi connectivity index (χ0n) is 16.7. The first-order valence-corrected chi connectivity index (χ1v) is 10.3. The van der Waals surface area contributed by atoms with Gasteiger partial charge >= 0.3 is 0 Å². The lowest BCUT2D eigenvalue weighted by molar-refractivity contribution is -0.130. The van der Waals surface area contributed by atoms with Crippen LogP contribution in [-0.4, -0.2) is 49.4 Å². The normalized spacial score (nSPS) is 20.9. The second-order valence-electron chi connectivity index (χ2n) is 8.07. The Kier molecular flexibility index (Phi) is 5.81. The van der Waals surface area contributed by atoms with Crippen molar-refractivity contribution < 1.29 is 18.4 Å². The first-order chi connectivity index (χ1) is 14.5. The molecule has 0 radical (unpaired) electrons. The lowest BCUT2D eigenvalue weighted by Gasteiger charge is -2.41. The molecule has 0 saturated carbocycles. The first-order valence-electron chi connectivity index (χ1n) is 10.3. The number of halogens is 2. The van der Waals surface area contributed by atoms with E-state index in [2.05, 4.69) is 15.5 Å². The van der Waals surface area contributed by atoms with Crippen LogP contribution in [0, 0.1) is 17.0 Å². The lowest BCUT2D eigenvalue weighted by Crippen LogP contribution is -2.47. The topological polar surface area (TPSA) is 61.4 Å². The average molecular weight is 413 g/mol. The molecule has 2 fully saturated rings. The van der Waals surface area contributed by atoms with Gasteiger partial charge in [-0.05, 0) is 67.9 Å². The molecule has 2 N–H and O–H groups in total. The molecule has 0 aromatic heterocycles. The second kappa shape index (κ2) is 8.52. The standard InChI is InChI=1S/C23H25F2N3O2/c24-18-5-1-16(2-6-18)20-15-27-22(30)23(20)9-12-28(13-10-23)14-11-26-21(29)17-3-7-19(25)8-4-17/h1-8,20H,9-15H2,(H,26,29)(H,27,30)/t20-/m0/s1. The van der Waals surface area contributed by atoms with Crippen molar-refractivity contribution in [1.82, 2.24) is 15.5 Å². The Bertz CT molecular complexity index is 907. The summed E-state index contributed by atoms with van der Waals surface area (Å²) in [6.45, 7) is 3.27. The molecule has 2 heterocycles. The molecule has 0 bridgehead atoms. The number of hydrogen-bond donors (Lipinski definition) is 2. The van der Waals surface area contributed by atoms with Crippen LogP contribution in [0.15, 0.2) is 48.5 Å². The van der Waals surface area contributed by atoms with Gasteiger partial charge in [-0.3, -0.25) is 9.59 Å². The molecule has 2 aromatic rings. The average Bonchev–Trinajstić information content (AvgIpc) is 3.06. The summed E-state index contributed by atoms with van der Waals surface area (Å²) in [5, 5.41) is 5.86. The molecule has 30 heavy (non-hydrogen) atoms. The van der Waals surface area contributed by atoms with Crippen LogP contribution in [0.25, 0.3) is 0 Å². The van der Waals surface area contributed by atoms with Crippen molar-refractivity contribution in [2.45, 2.75) is 18.8 Å². The fraction of sp³-hybridized carbons (Fsp3) is 0.391. The van der Waals surface area contributed by atoms with Gasteiger partial charge < -0.3 is 15.5 Å². The number of likely N-dealkylation sites (tertiary alicyclic amines) is 1. The number of piperidine rings is 1. The van der Waals surface area contributed by atoms with Crippen molar-refractivity contribution in [2.24, 2.45) is 5.41 Å². The molecular formula is C23H25F2N3O2. The molecule has 2 aromatic carbocycles. The number of hydrogen-bond acceptors (Lipinski definition) is 3. The van der Waals surface area contributed by atoms with Crippen molar-refractivity contribution >= 4 is 11.8 Å². The molecule has 2 aliphatic rings. The quantitative estimate of drug-likeness (QED) is 0.793. The monoisotopic (exact) mass is 413 g/mol. The molecule has 1 spiro atoms. The zero-order chi connectivity index (χ0) is 21.1. The van der Waals surface area contributed by atoms with E-state index in [0.717, 1.165) is 31.5 Å². The Morgan fingerprint density at radius 2 is 1.63 bits per heavy atom. The van der Waals surface area contributed by atoms with E-state index in [-0.39, 0.29) is 29.4 Å². The summed E-state index contributed by atoms with van der Waals surface area (Å²) < 4.78 is 26.3. The fourth-order valence-corrected chi connectivity index (χ4v) is 4.64. The maximum Gasteiger partial charge on any atom is 0.251 e. The largest absolute Gasteiger partial charge is 0.355 e. The van der Waals surface area contributed by atoms with E-state index in [1.807, 2.05) is 0 Å². The van der Waals surface area contributed by atoms with E-state index in [1.165, 1.54) is 36.4 Å². The fourth-order valence-electron chi connectivity index (χ4n) is 4.64. The van der Waals surface area contributed by atoms with Crippen molar-refractivity contribution in [3.63, 3.8) is 0 Å². The number of carbonyl (C=O) groups is 2. The van der Waals surface area contributed by atoms with Gasteiger partial charge in [-0.2, -0.15) is 0 Å². The van der Waals surface area contributed by atoms with Gasteiger partial charge in [0.05, 0.1) is 5.41 Å². The predicted octanol–water partition coefficient (Wildman–Crippen LogP) is 2.69. The minimum atomic E-state index is -0.453. The van der Waals surface area contributed by atoms with Crippen LogP contribution >= 0.6 is 0 Å². The van der Waals surface area contributed by atoms with Crippen LogP contribution in [0.2, 0.25) is 0 Å². The molecule has 5 nitrogen and oxygen atoms in total. The van der Waals surface area contributed by atoms with Gasteiger partial charge in [0.1, 0.15) is 11.6 Å². The number of carbonyl (C=O) groups excluding carboxylic acids is 2. The third-order valence-corrected chi connectivity index (χ3v) is 6.43. The van der Waals surface area contributed by atoms with Crippen LogP contribution in [-0.2, 0) is 4.79 Å². The maximum absolute atomic E-state index is 13.3. The van der Waals surface area contributed by atoms with E-state index in [0.29, 0.717) is 25.2 Å². The summed E-state index contributed by atoms with van der Waals surface area (Å²) in [5.41, 5.74) is 0.972. The molecule has 2 aliphatic heterocycles. The third-order valence-electron chi connectivity index (χ3n) is 6.43. The number of nitrogens with one attached hydrogen (secondary N) is 2. The Balaban J connectivity index is 1.31. The highest BCUT2D eigenvalue weighted by atomic mass is 19.1. The van der Waals surface area contributed by atoms with Crippen LogP contribution < -0.4 is 10.6 Å². The molecule has 7 heteroatoms. The summed E-state index contributed by atoms with van der Waals surface area (Å²) in [5.74, 6) is -0.742. The van der Waals surface area contributed by atoms with Gasteiger partial charge in [0.25, 0.3) is 5.91 Å². The first kappa shape index (κ1) is 20.5. The van der Waals surface area contributed by atoms with Crippen molar-refractivity contribution in [3.8, 4) is 0 Å². The highest BCUT2D eigenvalue weighted by Gasteiger charge is 2.51. The van der Waals surface area contributed by atoms with Crippen LogP contribution in [0.1, 0.15) is 34.7 Å². The Hall–Kier alpha value is -2.80. The van der Waals surface area contributed by atoms with E-state index < -0.39 is 5.41 Å². The van der Waals surface area contributed by atoms with E-state index in [4.69, 9.17) is 0 Å². The van der Waals surface area contributed by atoms with Gasteiger partial charge in [-0.1, -0.05) is 12.1 Å². The smallest absolute Gasteiger partial charge is 0.251 e. The van der Waals surface area contributed by atoms with Crippen molar-refractivity contribution in [2.75, 3.05) is 32.7 Å². The maximum atomic E-state index is 13.3. The highest BCUT2D eigenvalue weighted by Crippen LogP contribution is 2.47. The van der Waals surface area contributed by atoms with Crippen molar-refractivity contribution in [3.05, 3.63) is 71.3 Å². The summed E-state index contributed by atoms with van der Waals surface area (Å²) in [4.78, 5) is 27.1. The second-order valence-corrected chi connectivity index (χ2v) is 8.07. The number of rotatable bonds is 5. The van der Waals surface area contributed by atoms with E-state index in [1.54, 1.807) is 12.1 Å². The van der Waals surface area contributed by atoms with Gasteiger partial charge in [-0.25, -0.2) is 8.78 Å². The number of amides is 2. The molecule has 158 valence electrons. The number of nitrogens with zero attached hydrogens (tertiary/aromatic N) is 1. The van der Waals surface area contributed by atoms with Crippen LogP contribution in [0.4, 0.5) is 8.78 Å². The molecule has 4 rings (SSSR count). The minimum Gasteiger partial charge on any atom is -0.355 e. The predicted molar refractivity (Wildman–Crippen MR) is 109 cm³/mol. The molecule has 2 amide bonds.